The minimum atomic E-state index is -4.52. The van der Waals surface area contributed by atoms with Gasteiger partial charge in [0.05, 0.1) is 24.2 Å². The van der Waals surface area contributed by atoms with Crippen LogP contribution in [-0.2, 0) is 28.7 Å². The lowest BCUT2D eigenvalue weighted by molar-refractivity contribution is -0.930. The molecule has 0 aromatic heterocycles. The Morgan fingerprint density at radius 1 is 1.00 bits per heavy atom. The number of halogens is 3. The number of benzene rings is 2. The van der Waals surface area contributed by atoms with Crippen LogP contribution in [0.15, 0.2) is 48.5 Å². The Balaban J connectivity index is 1.58. The van der Waals surface area contributed by atoms with Gasteiger partial charge in [0.15, 0.2) is 6.04 Å². The largest absolute Gasteiger partial charge is 0.416 e. The third-order valence-corrected chi connectivity index (χ3v) is 5.32. The molecule has 7 heteroatoms. The molecule has 0 saturated carbocycles. The average Bonchev–Trinajstić information content (AvgIpc) is 2.95. The predicted molar refractivity (Wildman–Crippen MR) is 92.0 cm³/mol. The maximum atomic E-state index is 13.0. The minimum Gasteiger partial charge on any atom is -0.320 e. The smallest absolute Gasteiger partial charge is 0.320 e. The number of hydrogen-bond donors (Lipinski definition) is 1. The van der Waals surface area contributed by atoms with E-state index in [-0.39, 0.29) is 12.1 Å². The van der Waals surface area contributed by atoms with Gasteiger partial charge in [-0.1, -0.05) is 30.3 Å². The lowest BCUT2D eigenvalue weighted by Gasteiger charge is -2.29. The van der Waals surface area contributed by atoms with Crippen LogP contribution in [0.1, 0.15) is 23.1 Å². The van der Waals surface area contributed by atoms with Gasteiger partial charge >= 0.3 is 6.18 Å². The molecule has 4 rings (SSSR count). The van der Waals surface area contributed by atoms with Gasteiger partial charge in [-0.2, -0.15) is 13.2 Å². The highest BCUT2D eigenvalue weighted by Gasteiger charge is 2.46. The fourth-order valence-electron chi connectivity index (χ4n) is 3.94. The first-order chi connectivity index (χ1) is 12.8. The molecule has 2 aromatic rings. The highest BCUT2D eigenvalue weighted by Crippen LogP contribution is 2.33. The van der Waals surface area contributed by atoms with E-state index in [9.17, 15) is 22.8 Å². The number of hydrogen-bond acceptors (Lipinski definition) is 2. The van der Waals surface area contributed by atoms with Crippen molar-refractivity contribution in [1.29, 1.82) is 0 Å². The van der Waals surface area contributed by atoms with Crippen LogP contribution >= 0.6 is 0 Å². The molecule has 27 heavy (non-hydrogen) atoms. The molecule has 0 bridgehead atoms. The quantitative estimate of drug-likeness (QED) is 0.816. The van der Waals surface area contributed by atoms with Crippen molar-refractivity contribution >= 4 is 17.5 Å². The Labute approximate surface area is 154 Å². The van der Waals surface area contributed by atoms with Crippen LogP contribution in [0.2, 0.25) is 0 Å². The van der Waals surface area contributed by atoms with E-state index in [1.807, 2.05) is 18.2 Å². The molecule has 0 radical (unpaired) electrons. The van der Waals surface area contributed by atoms with Crippen LogP contribution in [0.4, 0.5) is 18.9 Å². The van der Waals surface area contributed by atoms with E-state index in [1.165, 1.54) is 17.7 Å². The van der Waals surface area contributed by atoms with Crippen molar-refractivity contribution in [3.63, 3.8) is 0 Å². The number of carbonyl (C=O) groups excluding carboxylic acids is 2. The third-order valence-electron chi connectivity index (χ3n) is 5.32. The fourth-order valence-corrected chi connectivity index (χ4v) is 3.94. The van der Waals surface area contributed by atoms with Gasteiger partial charge in [0, 0.05) is 12.0 Å². The molecule has 140 valence electrons. The van der Waals surface area contributed by atoms with E-state index >= 15 is 0 Å². The maximum Gasteiger partial charge on any atom is 0.416 e. The lowest BCUT2D eigenvalue weighted by Crippen LogP contribution is -3.16. The molecule has 2 amide bonds. The summed E-state index contributed by atoms with van der Waals surface area (Å²) in [6.07, 6.45) is -3.69. The van der Waals surface area contributed by atoms with Gasteiger partial charge in [-0.3, -0.25) is 9.59 Å². The molecule has 2 heterocycles. The van der Waals surface area contributed by atoms with Crippen molar-refractivity contribution in [2.45, 2.75) is 31.6 Å². The first-order valence-corrected chi connectivity index (χ1v) is 8.80. The van der Waals surface area contributed by atoms with E-state index in [2.05, 4.69) is 6.07 Å². The van der Waals surface area contributed by atoms with Crippen LogP contribution in [0, 0.1) is 0 Å². The summed E-state index contributed by atoms with van der Waals surface area (Å²) in [7, 11) is 0. The van der Waals surface area contributed by atoms with Gasteiger partial charge in [-0.05, 0) is 23.8 Å². The topological polar surface area (TPSA) is 41.8 Å². The number of imide groups is 1. The molecule has 2 atom stereocenters. The zero-order valence-corrected chi connectivity index (χ0v) is 14.4. The van der Waals surface area contributed by atoms with Crippen molar-refractivity contribution in [2.75, 3.05) is 11.4 Å². The molecule has 2 aromatic carbocycles. The second kappa shape index (κ2) is 6.49. The average molecular weight is 375 g/mol. The maximum absolute atomic E-state index is 13.0. The monoisotopic (exact) mass is 375 g/mol. The highest BCUT2D eigenvalue weighted by molar-refractivity contribution is 6.21. The Hall–Kier alpha value is -2.67. The molecule has 4 nitrogen and oxygen atoms in total. The summed E-state index contributed by atoms with van der Waals surface area (Å²) in [6, 6.07) is 11.8. The van der Waals surface area contributed by atoms with Crippen LogP contribution in [0.25, 0.3) is 0 Å². The van der Waals surface area contributed by atoms with Gasteiger partial charge in [0.2, 0.25) is 5.91 Å². The zero-order chi connectivity index (χ0) is 19.2. The fraction of sp³-hybridized carbons (Fsp3) is 0.300. The second-order valence-corrected chi connectivity index (χ2v) is 6.98. The van der Waals surface area contributed by atoms with Crippen LogP contribution in [0.5, 0.6) is 0 Å². The van der Waals surface area contributed by atoms with Gasteiger partial charge < -0.3 is 4.90 Å². The Kier molecular flexibility index (Phi) is 4.26. The first kappa shape index (κ1) is 17.7. The number of carbonyl (C=O) groups is 2. The number of anilines is 1. The molecule has 1 unspecified atom stereocenters. The molecule has 2 aliphatic heterocycles. The van der Waals surface area contributed by atoms with Crippen molar-refractivity contribution in [3.05, 3.63) is 65.2 Å². The number of nitrogens with zero attached hydrogens (tertiary/aromatic N) is 1. The summed E-state index contributed by atoms with van der Waals surface area (Å²) in [5.41, 5.74) is 1.51. The van der Waals surface area contributed by atoms with E-state index in [0.717, 1.165) is 40.5 Å². The SMILES string of the molecule is O=C1C[C@@H]([NH+]2CCc3ccccc3C2)C(=O)N1c1cccc(C(F)(F)F)c1. The third kappa shape index (κ3) is 3.23. The normalized spacial score (nSPS) is 22.9. The molecule has 0 spiro atoms. The standard InChI is InChI=1S/C20H17F3N2O2/c21-20(22,23)15-6-3-7-16(10-15)25-18(26)11-17(19(25)27)24-9-8-13-4-1-2-5-14(13)12-24/h1-7,10,17H,8-9,11-12H2/p+1/t17-/m1/s1. The Morgan fingerprint density at radius 3 is 2.48 bits per heavy atom. The molecule has 2 aliphatic rings. The van der Waals surface area contributed by atoms with Crippen molar-refractivity contribution in [2.24, 2.45) is 0 Å². The van der Waals surface area contributed by atoms with Gasteiger partial charge in [0.1, 0.15) is 6.54 Å². The van der Waals surface area contributed by atoms with Gasteiger partial charge in [-0.15, -0.1) is 0 Å². The van der Waals surface area contributed by atoms with E-state index in [0.29, 0.717) is 6.54 Å². The lowest BCUT2D eigenvalue weighted by atomic mass is 9.98. The van der Waals surface area contributed by atoms with E-state index in [1.54, 1.807) is 0 Å². The minimum absolute atomic E-state index is 0.0147. The Bertz CT molecular complexity index is 910. The van der Waals surface area contributed by atoms with Gasteiger partial charge in [-0.25, -0.2) is 4.90 Å². The molecule has 1 fully saturated rings. The van der Waals surface area contributed by atoms with Crippen LogP contribution < -0.4 is 9.80 Å². The molecular formula is C20H18F3N2O2+. The summed E-state index contributed by atoms with van der Waals surface area (Å²) in [5, 5.41) is 0. The van der Waals surface area contributed by atoms with Crippen molar-refractivity contribution in [1.82, 2.24) is 0 Å². The second-order valence-electron chi connectivity index (χ2n) is 6.98. The van der Waals surface area contributed by atoms with Crippen LogP contribution in [-0.4, -0.2) is 24.4 Å². The molecule has 1 N–H and O–H groups in total. The van der Waals surface area contributed by atoms with Crippen LogP contribution in [0.3, 0.4) is 0 Å². The van der Waals surface area contributed by atoms with E-state index < -0.39 is 29.6 Å². The Morgan fingerprint density at radius 2 is 1.74 bits per heavy atom. The number of rotatable bonds is 2. The van der Waals surface area contributed by atoms with Crippen molar-refractivity contribution in [3.8, 4) is 0 Å². The molecule has 0 aliphatic carbocycles. The zero-order valence-electron chi connectivity index (χ0n) is 14.4. The number of nitrogens with one attached hydrogen (secondary N) is 1. The molecule has 1 saturated heterocycles. The first-order valence-electron chi connectivity index (χ1n) is 8.80. The van der Waals surface area contributed by atoms with E-state index in [4.69, 9.17) is 0 Å². The summed E-state index contributed by atoms with van der Waals surface area (Å²) in [5.74, 6) is -0.871. The highest BCUT2D eigenvalue weighted by atomic mass is 19.4. The van der Waals surface area contributed by atoms with Crippen molar-refractivity contribution < 1.29 is 27.7 Å². The number of fused-ring (bicyclic) bond motifs is 1. The van der Waals surface area contributed by atoms with Gasteiger partial charge in [0.25, 0.3) is 5.91 Å². The summed E-state index contributed by atoms with van der Waals surface area (Å²) in [4.78, 5) is 27.2. The number of quaternary nitrogens is 1. The summed E-state index contributed by atoms with van der Waals surface area (Å²) >= 11 is 0. The number of amides is 2. The molecular weight excluding hydrogens is 357 g/mol. The summed E-state index contributed by atoms with van der Waals surface area (Å²) < 4.78 is 38.9. The summed E-state index contributed by atoms with van der Waals surface area (Å²) in [6.45, 7) is 1.35. The predicted octanol–water partition coefficient (Wildman–Crippen LogP) is 1.98. The number of alkyl halides is 3.